The zero-order chi connectivity index (χ0) is 11.5. The second kappa shape index (κ2) is 4.45. The van der Waals surface area contributed by atoms with Crippen LogP contribution >= 0.6 is 0 Å². The third kappa shape index (κ3) is 2.28. The predicted molar refractivity (Wildman–Crippen MR) is 62.9 cm³/mol. The van der Waals surface area contributed by atoms with Crippen molar-refractivity contribution in [3.05, 3.63) is 47.5 Å². The van der Waals surface area contributed by atoms with Crippen LogP contribution in [0.1, 0.15) is 22.7 Å². The third-order valence-corrected chi connectivity index (χ3v) is 2.81. The van der Waals surface area contributed by atoms with Crippen molar-refractivity contribution in [2.24, 2.45) is 5.73 Å². The minimum Gasteiger partial charge on any atom is -0.322 e. The molecule has 0 spiro atoms. The van der Waals surface area contributed by atoms with Crippen LogP contribution in [0.2, 0.25) is 0 Å². The molecule has 0 saturated heterocycles. The van der Waals surface area contributed by atoms with E-state index in [-0.39, 0.29) is 6.04 Å². The Balaban J connectivity index is 2.14. The molecule has 0 aliphatic rings. The topological polar surface area (TPSA) is 56.7 Å². The van der Waals surface area contributed by atoms with Crippen LogP contribution in [0.3, 0.4) is 0 Å². The Morgan fingerprint density at radius 3 is 2.75 bits per heavy atom. The molecule has 0 fully saturated rings. The highest BCUT2D eigenvalue weighted by molar-refractivity contribution is 5.31. The summed E-state index contributed by atoms with van der Waals surface area (Å²) in [4.78, 5) is 3.90. The molecule has 1 heterocycles. The summed E-state index contributed by atoms with van der Waals surface area (Å²) >= 11 is 0. The van der Waals surface area contributed by atoms with Gasteiger partial charge in [0.2, 0.25) is 0 Å². The fourth-order valence-electron chi connectivity index (χ4n) is 1.63. The Morgan fingerprint density at radius 2 is 2.12 bits per heavy atom. The first-order valence-corrected chi connectivity index (χ1v) is 5.32. The molecule has 2 rings (SSSR count). The molecule has 0 aliphatic heterocycles. The van der Waals surface area contributed by atoms with Crippen molar-refractivity contribution in [2.45, 2.75) is 26.4 Å². The fourth-order valence-corrected chi connectivity index (χ4v) is 1.63. The molecule has 84 valence electrons. The normalized spacial score (nSPS) is 12.7. The summed E-state index contributed by atoms with van der Waals surface area (Å²) < 4.78 is 1.75. The maximum atomic E-state index is 6.12. The van der Waals surface area contributed by atoms with Crippen molar-refractivity contribution in [3.63, 3.8) is 0 Å². The SMILES string of the molecule is Cc1ccc(C(N)Cn2cncn2)cc1C. The van der Waals surface area contributed by atoms with Gasteiger partial charge in [0.1, 0.15) is 12.7 Å². The molecule has 4 nitrogen and oxygen atoms in total. The molecule has 1 unspecified atom stereocenters. The molecular weight excluding hydrogens is 200 g/mol. The monoisotopic (exact) mass is 216 g/mol. The van der Waals surface area contributed by atoms with Crippen molar-refractivity contribution >= 4 is 0 Å². The molecule has 4 heteroatoms. The summed E-state index contributed by atoms with van der Waals surface area (Å²) in [6.07, 6.45) is 3.20. The van der Waals surface area contributed by atoms with E-state index in [4.69, 9.17) is 5.73 Å². The standard InChI is InChI=1S/C12H16N4/c1-9-3-4-11(5-10(9)2)12(13)6-16-8-14-7-15-16/h3-5,7-8,12H,6,13H2,1-2H3. The highest BCUT2D eigenvalue weighted by atomic mass is 15.3. The van der Waals surface area contributed by atoms with E-state index in [1.807, 2.05) is 0 Å². The van der Waals surface area contributed by atoms with Crippen LogP contribution < -0.4 is 5.73 Å². The minimum absolute atomic E-state index is 0.0407. The maximum Gasteiger partial charge on any atom is 0.137 e. The van der Waals surface area contributed by atoms with Gasteiger partial charge in [0.25, 0.3) is 0 Å². The number of rotatable bonds is 3. The lowest BCUT2D eigenvalue weighted by Crippen LogP contribution is -2.18. The average Bonchev–Trinajstić information content (AvgIpc) is 2.74. The van der Waals surface area contributed by atoms with E-state index in [0.29, 0.717) is 6.54 Å². The van der Waals surface area contributed by atoms with Crippen LogP contribution in [0.15, 0.2) is 30.9 Å². The molecule has 0 aliphatic carbocycles. The van der Waals surface area contributed by atoms with E-state index >= 15 is 0 Å². The molecular formula is C12H16N4. The molecule has 1 atom stereocenters. The molecule has 0 saturated carbocycles. The van der Waals surface area contributed by atoms with Gasteiger partial charge in [-0.15, -0.1) is 0 Å². The van der Waals surface area contributed by atoms with E-state index in [9.17, 15) is 0 Å². The van der Waals surface area contributed by atoms with Crippen LogP contribution in [0.5, 0.6) is 0 Å². The minimum atomic E-state index is -0.0407. The lowest BCUT2D eigenvalue weighted by molar-refractivity contribution is 0.526. The van der Waals surface area contributed by atoms with Crippen LogP contribution in [0, 0.1) is 13.8 Å². The zero-order valence-corrected chi connectivity index (χ0v) is 9.59. The molecule has 2 N–H and O–H groups in total. The number of nitrogens with two attached hydrogens (primary N) is 1. The number of aromatic nitrogens is 3. The Morgan fingerprint density at radius 1 is 1.31 bits per heavy atom. The second-order valence-electron chi connectivity index (χ2n) is 4.07. The first-order valence-electron chi connectivity index (χ1n) is 5.32. The van der Waals surface area contributed by atoms with Crippen LogP contribution in [-0.2, 0) is 6.54 Å². The molecule has 1 aromatic heterocycles. The molecule has 16 heavy (non-hydrogen) atoms. The van der Waals surface area contributed by atoms with Crippen molar-refractivity contribution < 1.29 is 0 Å². The molecule has 2 aromatic rings. The summed E-state index contributed by atoms with van der Waals surface area (Å²) in [6, 6.07) is 6.27. The lowest BCUT2D eigenvalue weighted by Gasteiger charge is -2.13. The first kappa shape index (κ1) is 10.8. The smallest absolute Gasteiger partial charge is 0.137 e. The Bertz CT molecular complexity index is 462. The lowest BCUT2D eigenvalue weighted by atomic mass is 10.0. The number of aryl methyl sites for hydroxylation is 2. The van der Waals surface area contributed by atoms with E-state index in [1.54, 1.807) is 11.0 Å². The Kier molecular flexibility index (Phi) is 3.01. The maximum absolute atomic E-state index is 6.12. The average molecular weight is 216 g/mol. The summed E-state index contributed by atoms with van der Waals surface area (Å²) in [5.41, 5.74) is 9.81. The van der Waals surface area contributed by atoms with Gasteiger partial charge in [-0.1, -0.05) is 18.2 Å². The Hall–Kier alpha value is -1.68. The summed E-state index contributed by atoms with van der Waals surface area (Å²) in [5, 5.41) is 4.05. The van der Waals surface area contributed by atoms with E-state index in [1.165, 1.54) is 17.5 Å². The summed E-state index contributed by atoms with van der Waals surface area (Å²) in [5.74, 6) is 0. The number of nitrogens with zero attached hydrogens (tertiary/aromatic N) is 3. The molecule has 0 amide bonds. The fraction of sp³-hybridized carbons (Fsp3) is 0.333. The van der Waals surface area contributed by atoms with Crippen molar-refractivity contribution in [3.8, 4) is 0 Å². The molecule has 0 bridgehead atoms. The largest absolute Gasteiger partial charge is 0.322 e. The Labute approximate surface area is 95.1 Å². The first-order chi connectivity index (χ1) is 7.66. The number of hydrogen-bond donors (Lipinski definition) is 1. The predicted octanol–water partition coefficient (Wildman–Crippen LogP) is 1.59. The van der Waals surface area contributed by atoms with Gasteiger partial charge in [-0.25, -0.2) is 4.98 Å². The summed E-state index contributed by atoms with van der Waals surface area (Å²) in [7, 11) is 0. The number of benzene rings is 1. The second-order valence-corrected chi connectivity index (χ2v) is 4.07. The zero-order valence-electron chi connectivity index (χ0n) is 9.59. The highest BCUT2D eigenvalue weighted by Crippen LogP contribution is 2.16. The molecule has 0 radical (unpaired) electrons. The van der Waals surface area contributed by atoms with Gasteiger partial charge >= 0.3 is 0 Å². The van der Waals surface area contributed by atoms with Crippen LogP contribution in [0.4, 0.5) is 0 Å². The van der Waals surface area contributed by atoms with Crippen LogP contribution in [0.25, 0.3) is 0 Å². The van der Waals surface area contributed by atoms with Crippen molar-refractivity contribution in [2.75, 3.05) is 0 Å². The molecule has 1 aromatic carbocycles. The quantitative estimate of drug-likeness (QED) is 0.847. The van der Waals surface area contributed by atoms with Gasteiger partial charge in [0.15, 0.2) is 0 Å². The van der Waals surface area contributed by atoms with Gasteiger partial charge in [0.05, 0.1) is 6.54 Å². The summed E-state index contributed by atoms with van der Waals surface area (Å²) in [6.45, 7) is 4.85. The van der Waals surface area contributed by atoms with E-state index in [0.717, 1.165) is 5.56 Å². The van der Waals surface area contributed by atoms with Gasteiger partial charge in [-0.05, 0) is 30.5 Å². The van der Waals surface area contributed by atoms with Gasteiger partial charge in [-0.2, -0.15) is 5.10 Å². The van der Waals surface area contributed by atoms with Crippen LogP contribution in [-0.4, -0.2) is 14.8 Å². The van der Waals surface area contributed by atoms with Gasteiger partial charge < -0.3 is 5.73 Å². The van der Waals surface area contributed by atoms with Gasteiger partial charge in [0, 0.05) is 6.04 Å². The van der Waals surface area contributed by atoms with Crippen molar-refractivity contribution in [1.29, 1.82) is 0 Å². The van der Waals surface area contributed by atoms with E-state index in [2.05, 4.69) is 42.1 Å². The highest BCUT2D eigenvalue weighted by Gasteiger charge is 2.07. The van der Waals surface area contributed by atoms with E-state index < -0.39 is 0 Å². The van der Waals surface area contributed by atoms with Crippen molar-refractivity contribution in [1.82, 2.24) is 14.8 Å². The third-order valence-electron chi connectivity index (χ3n) is 2.81. The number of hydrogen-bond acceptors (Lipinski definition) is 3. The van der Waals surface area contributed by atoms with Gasteiger partial charge in [-0.3, -0.25) is 4.68 Å².